The van der Waals surface area contributed by atoms with Gasteiger partial charge in [-0.15, -0.1) is 0 Å². The van der Waals surface area contributed by atoms with Crippen molar-refractivity contribution in [2.45, 2.75) is 13.1 Å². The number of hydrogen-bond acceptors (Lipinski definition) is 5. The number of hydrogen-bond donors (Lipinski definition) is 0. The maximum absolute atomic E-state index is 13.8. The number of carbonyl (C=O) groups is 1. The Morgan fingerprint density at radius 3 is 2.07 bits per heavy atom. The van der Waals surface area contributed by atoms with Crippen molar-refractivity contribution in [2.24, 2.45) is 0 Å². The molecule has 0 saturated heterocycles. The molecule has 4 rings (SSSR count). The van der Waals surface area contributed by atoms with E-state index in [-0.39, 0.29) is 29.1 Å². The van der Waals surface area contributed by atoms with Crippen molar-refractivity contribution in [2.75, 3.05) is 20.8 Å². The van der Waals surface area contributed by atoms with Crippen LogP contribution < -0.4 is 9.47 Å². The summed E-state index contributed by atoms with van der Waals surface area (Å²) in [6.07, 6.45) is -4.92. The van der Waals surface area contributed by atoms with Gasteiger partial charge in [0.05, 0.1) is 26.2 Å². The van der Waals surface area contributed by atoms with Crippen molar-refractivity contribution >= 4 is 38.5 Å². The average Bonchev–Trinajstić information content (AvgIpc) is 3.11. The predicted molar refractivity (Wildman–Crippen MR) is 105 cm³/mol. The fourth-order valence-electron chi connectivity index (χ4n) is 3.69. The zero-order valence-electron chi connectivity index (χ0n) is 16.3. The minimum atomic E-state index is -4.92. The summed E-state index contributed by atoms with van der Waals surface area (Å²) in [5.41, 5.74) is -0.961. The Morgan fingerprint density at radius 1 is 1.00 bits per heavy atom. The molecule has 0 radical (unpaired) electrons. The zero-order valence-corrected chi connectivity index (χ0v) is 16.3. The molecule has 8 heteroatoms. The van der Waals surface area contributed by atoms with Gasteiger partial charge in [-0.05, 0) is 29.8 Å². The molecule has 0 amide bonds. The van der Waals surface area contributed by atoms with Crippen molar-refractivity contribution in [3.63, 3.8) is 0 Å². The summed E-state index contributed by atoms with van der Waals surface area (Å²) >= 11 is 0. The van der Waals surface area contributed by atoms with Gasteiger partial charge in [0.25, 0.3) is 0 Å². The van der Waals surface area contributed by atoms with Gasteiger partial charge in [-0.25, -0.2) is 4.79 Å². The van der Waals surface area contributed by atoms with E-state index in [2.05, 4.69) is 0 Å². The Hall–Kier alpha value is -3.42. The molecule has 0 N–H and O–H groups in total. The van der Waals surface area contributed by atoms with E-state index in [4.69, 9.17) is 18.6 Å². The van der Waals surface area contributed by atoms with Crippen LogP contribution in [0, 0.1) is 0 Å². The monoisotopic (exact) mass is 418 g/mol. The van der Waals surface area contributed by atoms with Crippen molar-refractivity contribution in [3.05, 3.63) is 47.7 Å². The highest BCUT2D eigenvalue weighted by atomic mass is 19.4. The summed E-state index contributed by atoms with van der Waals surface area (Å²) in [4.78, 5) is 12.5. The van der Waals surface area contributed by atoms with Crippen LogP contribution in [0.25, 0.3) is 32.5 Å². The van der Waals surface area contributed by atoms with Crippen LogP contribution in [0.4, 0.5) is 13.2 Å². The van der Waals surface area contributed by atoms with Gasteiger partial charge in [0.2, 0.25) is 5.76 Å². The fraction of sp³-hybridized carbons (Fsp3) is 0.227. The molecular weight excluding hydrogens is 401 g/mol. The summed E-state index contributed by atoms with van der Waals surface area (Å²) in [6, 6.07) is 11.0. The molecule has 0 unspecified atom stereocenters. The molecule has 0 saturated carbocycles. The van der Waals surface area contributed by atoms with Gasteiger partial charge >= 0.3 is 12.1 Å². The molecule has 3 aromatic carbocycles. The molecule has 0 aliphatic rings. The van der Waals surface area contributed by atoms with Crippen LogP contribution in [0.5, 0.6) is 11.5 Å². The highest BCUT2D eigenvalue weighted by Gasteiger charge is 2.43. The first kappa shape index (κ1) is 19.9. The predicted octanol–water partition coefficient (Wildman–Crippen LogP) is 5.95. The summed E-state index contributed by atoms with van der Waals surface area (Å²) in [5.74, 6) is -2.45. The second-order valence-corrected chi connectivity index (χ2v) is 6.54. The van der Waals surface area contributed by atoms with Crippen LogP contribution in [-0.4, -0.2) is 26.8 Å². The lowest BCUT2D eigenvalue weighted by Crippen LogP contribution is -2.13. The molecule has 30 heavy (non-hydrogen) atoms. The third kappa shape index (κ3) is 2.91. The van der Waals surface area contributed by atoms with E-state index >= 15 is 0 Å². The highest BCUT2D eigenvalue weighted by molar-refractivity contribution is 6.18. The third-order valence-electron chi connectivity index (χ3n) is 4.86. The van der Waals surface area contributed by atoms with Crippen LogP contribution in [0.3, 0.4) is 0 Å². The molecule has 5 nitrogen and oxygen atoms in total. The minimum Gasteiger partial charge on any atom is -0.495 e. The van der Waals surface area contributed by atoms with E-state index < -0.39 is 23.5 Å². The van der Waals surface area contributed by atoms with Crippen LogP contribution in [-0.2, 0) is 10.9 Å². The largest absolute Gasteiger partial charge is 0.495 e. The van der Waals surface area contributed by atoms with Crippen molar-refractivity contribution in [1.29, 1.82) is 0 Å². The molecular formula is C22H17F3O5. The summed E-state index contributed by atoms with van der Waals surface area (Å²) in [7, 11) is 2.65. The number of carbonyl (C=O) groups excluding carboxylic acids is 1. The minimum absolute atomic E-state index is 0.0765. The zero-order chi connectivity index (χ0) is 21.6. The summed E-state index contributed by atoms with van der Waals surface area (Å²) in [6.45, 7) is 1.41. The highest BCUT2D eigenvalue weighted by Crippen LogP contribution is 2.50. The van der Waals surface area contributed by atoms with Gasteiger partial charge in [0.1, 0.15) is 11.3 Å². The molecule has 1 heterocycles. The van der Waals surface area contributed by atoms with Gasteiger partial charge < -0.3 is 18.6 Å². The smallest absolute Gasteiger partial charge is 0.450 e. The van der Waals surface area contributed by atoms with E-state index in [0.29, 0.717) is 10.8 Å². The maximum atomic E-state index is 13.8. The first-order chi connectivity index (χ1) is 14.3. The molecule has 0 aliphatic carbocycles. The molecule has 0 atom stereocenters. The van der Waals surface area contributed by atoms with Crippen molar-refractivity contribution in [3.8, 4) is 11.5 Å². The van der Waals surface area contributed by atoms with Gasteiger partial charge in [-0.1, -0.05) is 24.3 Å². The lowest BCUT2D eigenvalue weighted by molar-refractivity contribution is -0.152. The van der Waals surface area contributed by atoms with Crippen LogP contribution in [0.2, 0.25) is 0 Å². The number of alkyl halides is 3. The Bertz CT molecular complexity index is 1290. The van der Waals surface area contributed by atoms with E-state index in [1.165, 1.54) is 21.1 Å². The Morgan fingerprint density at radius 2 is 1.57 bits per heavy atom. The molecule has 0 spiro atoms. The topological polar surface area (TPSA) is 57.9 Å². The normalized spacial score (nSPS) is 11.9. The van der Waals surface area contributed by atoms with Gasteiger partial charge in [0.15, 0.2) is 11.3 Å². The molecule has 0 fully saturated rings. The second-order valence-electron chi connectivity index (χ2n) is 6.54. The van der Waals surface area contributed by atoms with Crippen LogP contribution in [0.1, 0.15) is 23.0 Å². The number of fused-ring (bicyclic) bond motifs is 3. The third-order valence-corrected chi connectivity index (χ3v) is 4.86. The number of halogens is 3. The molecule has 1 aromatic heterocycles. The van der Waals surface area contributed by atoms with E-state index in [0.717, 1.165) is 10.8 Å². The average molecular weight is 418 g/mol. The number of furan rings is 1. The summed E-state index contributed by atoms with van der Waals surface area (Å²) in [5, 5.41) is 2.56. The first-order valence-corrected chi connectivity index (χ1v) is 9.09. The van der Waals surface area contributed by atoms with Gasteiger partial charge in [-0.2, -0.15) is 13.2 Å². The molecule has 0 aliphatic heterocycles. The quantitative estimate of drug-likeness (QED) is 0.303. The fourth-order valence-corrected chi connectivity index (χ4v) is 3.69. The number of methoxy groups -OCH3 is 2. The lowest BCUT2D eigenvalue weighted by atomic mass is 9.98. The number of rotatable bonds is 4. The Balaban J connectivity index is 2.26. The molecule has 156 valence electrons. The summed E-state index contributed by atoms with van der Waals surface area (Å²) < 4.78 is 62.3. The van der Waals surface area contributed by atoms with Crippen molar-refractivity contribution < 1.29 is 36.6 Å². The maximum Gasteiger partial charge on any atom is 0.450 e. The van der Waals surface area contributed by atoms with Gasteiger partial charge in [-0.3, -0.25) is 0 Å². The van der Waals surface area contributed by atoms with E-state index in [1.54, 1.807) is 12.1 Å². The number of ether oxygens (including phenoxy) is 3. The van der Waals surface area contributed by atoms with Gasteiger partial charge in [0, 0.05) is 10.8 Å². The number of esters is 1. The SMILES string of the molecule is CCOC(=O)c1c(C(F)(F)F)oc2c(OC)c3cc4ccccc4cc3c(OC)c12. The Labute approximate surface area is 168 Å². The van der Waals surface area contributed by atoms with Crippen LogP contribution in [0.15, 0.2) is 40.8 Å². The lowest BCUT2D eigenvalue weighted by Gasteiger charge is -2.13. The Kier molecular flexibility index (Phi) is 4.72. The standard InChI is InChI=1S/C22H17F3O5/c1-4-29-21(26)16-15-17(27-2)13-9-11-7-5-6-8-12(11)10-14(13)18(28-3)19(15)30-20(16)22(23,24)25/h5-10H,4H2,1-3H3. The van der Waals surface area contributed by atoms with E-state index in [1.807, 2.05) is 24.3 Å². The molecule has 4 aromatic rings. The first-order valence-electron chi connectivity index (χ1n) is 9.09. The number of benzene rings is 3. The van der Waals surface area contributed by atoms with Crippen molar-refractivity contribution in [1.82, 2.24) is 0 Å². The van der Waals surface area contributed by atoms with E-state index in [9.17, 15) is 18.0 Å². The molecule has 0 bridgehead atoms. The van der Waals surface area contributed by atoms with Crippen LogP contribution >= 0.6 is 0 Å². The second kappa shape index (κ2) is 7.12.